The predicted octanol–water partition coefficient (Wildman–Crippen LogP) is 2.80. The van der Waals surface area contributed by atoms with Crippen molar-refractivity contribution in [2.24, 2.45) is 0 Å². The average molecular weight is 283 g/mol. The van der Waals surface area contributed by atoms with Gasteiger partial charge in [0, 0.05) is 19.1 Å². The summed E-state index contributed by atoms with van der Waals surface area (Å²) >= 11 is 0. The number of hydrogen-bond donors (Lipinski definition) is 1. The monoisotopic (exact) mass is 283 g/mol. The van der Waals surface area contributed by atoms with Gasteiger partial charge in [0.05, 0.1) is 12.2 Å². The summed E-state index contributed by atoms with van der Waals surface area (Å²) in [4.78, 5) is 12.5. The SMILES string of the molecule is CCOC(=O)C1(NC2CCCCC2)CCOC(C)(C)C1. The molecule has 0 spiro atoms. The van der Waals surface area contributed by atoms with Crippen molar-refractivity contribution in [2.45, 2.75) is 82.9 Å². The summed E-state index contributed by atoms with van der Waals surface area (Å²) in [5.74, 6) is -0.0954. The number of carbonyl (C=O) groups excluding carboxylic acids is 1. The minimum atomic E-state index is -0.556. The van der Waals surface area contributed by atoms with E-state index in [0.29, 0.717) is 32.1 Å². The van der Waals surface area contributed by atoms with Crippen molar-refractivity contribution in [3.63, 3.8) is 0 Å². The molecule has 2 aliphatic rings. The molecule has 4 nitrogen and oxygen atoms in total. The van der Waals surface area contributed by atoms with Crippen LogP contribution in [0.4, 0.5) is 0 Å². The van der Waals surface area contributed by atoms with Gasteiger partial charge in [0.25, 0.3) is 0 Å². The Balaban J connectivity index is 2.12. The van der Waals surface area contributed by atoms with Gasteiger partial charge in [0.2, 0.25) is 0 Å². The van der Waals surface area contributed by atoms with Crippen LogP contribution in [0, 0.1) is 0 Å². The van der Waals surface area contributed by atoms with E-state index in [1.807, 2.05) is 6.92 Å². The van der Waals surface area contributed by atoms with Gasteiger partial charge in [-0.1, -0.05) is 19.3 Å². The van der Waals surface area contributed by atoms with Crippen molar-refractivity contribution in [1.82, 2.24) is 5.32 Å². The van der Waals surface area contributed by atoms with Crippen LogP contribution in [-0.2, 0) is 14.3 Å². The second-order valence-electron chi connectivity index (χ2n) is 6.82. The summed E-state index contributed by atoms with van der Waals surface area (Å²) in [6.45, 7) is 7.04. The summed E-state index contributed by atoms with van der Waals surface area (Å²) in [6.07, 6.45) is 7.58. The van der Waals surface area contributed by atoms with Gasteiger partial charge in [-0.2, -0.15) is 0 Å². The van der Waals surface area contributed by atoms with Crippen molar-refractivity contribution in [1.29, 1.82) is 0 Å². The van der Waals surface area contributed by atoms with Gasteiger partial charge in [-0.05, 0) is 40.0 Å². The number of ether oxygens (including phenoxy) is 2. The third-order valence-corrected chi connectivity index (χ3v) is 4.50. The molecule has 4 heteroatoms. The summed E-state index contributed by atoms with van der Waals surface area (Å²) in [6, 6.07) is 0.446. The Kier molecular flexibility index (Phi) is 5.08. The van der Waals surface area contributed by atoms with E-state index in [9.17, 15) is 4.79 Å². The maximum atomic E-state index is 12.5. The molecule has 2 rings (SSSR count). The highest BCUT2D eigenvalue weighted by atomic mass is 16.5. The summed E-state index contributed by atoms with van der Waals surface area (Å²) in [5.41, 5.74) is -0.827. The summed E-state index contributed by atoms with van der Waals surface area (Å²) < 4.78 is 11.2. The smallest absolute Gasteiger partial charge is 0.326 e. The number of esters is 1. The van der Waals surface area contributed by atoms with Crippen LogP contribution in [0.2, 0.25) is 0 Å². The van der Waals surface area contributed by atoms with Gasteiger partial charge in [0.15, 0.2) is 0 Å². The van der Waals surface area contributed by atoms with Crippen molar-refractivity contribution >= 4 is 5.97 Å². The fourth-order valence-electron chi connectivity index (χ4n) is 3.63. The van der Waals surface area contributed by atoms with E-state index < -0.39 is 5.54 Å². The maximum absolute atomic E-state index is 12.5. The lowest BCUT2D eigenvalue weighted by atomic mass is 9.79. The first-order chi connectivity index (χ1) is 9.47. The van der Waals surface area contributed by atoms with E-state index in [2.05, 4.69) is 19.2 Å². The molecular weight excluding hydrogens is 254 g/mol. The molecule has 116 valence electrons. The Morgan fingerprint density at radius 3 is 2.60 bits per heavy atom. The second kappa shape index (κ2) is 6.44. The molecule has 1 heterocycles. The molecule has 1 aliphatic carbocycles. The molecule has 1 saturated heterocycles. The minimum absolute atomic E-state index is 0.0954. The van der Waals surface area contributed by atoms with Gasteiger partial charge in [0.1, 0.15) is 5.54 Å². The first-order valence-corrected chi connectivity index (χ1v) is 8.06. The zero-order valence-electron chi connectivity index (χ0n) is 13.2. The Labute approximate surface area is 122 Å². The second-order valence-corrected chi connectivity index (χ2v) is 6.82. The first kappa shape index (κ1) is 15.8. The normalized spacial score (nSPS) is 30.9. The van der Waals surface area contributed by atoms with E-state index in [1.165, 1.54) is 32.1 Å². The molecule has 0 radical (unpaired) electrons. The first-order valence-electron chi connectivity index (χ1n) is 8.06. The fourth-order valence-corrected chi connectivity index (χ4v) is 3.63. The molecule has 0 aromatic carbocycles. The van der Waals surface area contributed by atoms with E-state index in [1.54, 1.807) is 0 Å². The Hall–Kier alpha value is -0.610. The van der Waals surface area contributed by atoms with Crippen molar-refractivity contribution in [2.75, 3.05) is 13.2 Å². The summed E-state index contributed by atoms with van der Waals surface area (Å²) in [7, 11) is 0. The average Bonchev–Trinajstić information content (AvgIpc) is 2.39. The van der Waals surface area contributed by atoms with Gasteiger partial charge in [-0.3, -0.25) is 10.1 Å². The van der Waals surface area contributed by atoms with Crippen molar-refractivity contribution < 1.29 is 14.3 Å². The summed E-state index contributed by atoms with van der Waals surface area (Å²) in [5, 5.41) is 3.66. The predicted molar refractivity (Wildman–Crippen MR) is 78.6 cm³/mol. The zero-order chi connectivity index (χ0) is 14.6. The van der Waals surface area contributed by atoms with Crippen molar-refractivity contribution in [3.8, 4) is 0 Å². The van der Waals surface area contributed by atoms with E-state index >= 15 is 0 Å². The number of carbonyl (C=O) groups is 1. The third kappa shape index (κ3) is 3.73. The molecule has 0 aromatic rings. The molecule has 1 atom stereocenters. The topological polar surface area (TPSA) is 47.6 Å². The lowest BCUT2D eigenvalue weighted by Gasteiger charge is -2.45. The number of nitrogens with one attached hydrogen (secondary N) is 1. The molecule has 0 aromatic heterocycles. The molecule has 1 N–H and O–H groups in total. The molecule has 1 unspecified atom stereocenters. The van der Waals surface area contributed by atoms with Gasteiger partial charge >= 0.3 is 5.97 Å². The highest BCUT2D eigenvalue weighted by Gasteiger charge is 2.48. The molecule has 20 heavy (non-hydrogen) atoms. The van der Waals surface area contributed by atoms with Crippen LogP contribution in [0.5, 0.6) is 0 Å². The van der Waals surface area contributed by atoms with Crippen LogP contribution < -0.4 is 5.32 Å². The standard InChI is InChI=1S/C16H29NO3/c1-4-19-14(18)16(10-11-20-15(2,3)12-16)17-13-8-6-5-7-9-13/h13,17H,4-12H2,1-3H3. The highest BCUT2D eigenvalue weighted by molar-refractivity contribution is 5.81. The van der Waals surface area contributed by atoms with Crippen LogP contribution in [0.15, 0.2) is 0 Å². The fraction of sp³-hybridized carbons (Fsp3) is 0.938. The van der Waals surface area contributed by atoms with Crippen molar-refractivity contribution in [3.05, 3.63) is 0 Å². The highest BCUT2D eigenvalue weighted by Crippen LogP contribution is 2.34. The van der Waals surface area contributed by atoms with Crippen LogP contribution in [0.1, 0.15) is 65.7 Å². The number of rotatable bonds is 4. The molecular formula is C16H29NO3. The van der Waals surface area contributed by atoms with Crippen LogP contribution in [0.25, 0.3) is 0 Å². The van der Waals surface area contributed by atoms with Crippen LogP contribution in [-0.4, -0.2) is 36.4 Å². The largest absolute Gasteiger partial charge is 0.465 e. The van der Waals surface area contributed by atoms with Crippen LogP contribution in [0.3, 0.4) is 0 Å². The quantitative estimate of drug-likeness (QED) is 0.806. The van der Waals surface area contributed by atoms with Gasteiger partial charge in [-0.15, -0.1) is 0 Å². The van der Waals surface area contributed by atoms with Gasteiger partial charge < -0.3 is 9.47 Å². The number of hydrogen-bond acceptors (Lipinski definition) is 4. The molecule has 2 fully saturated rings. The Morgan fingerprint density at radius 2 is 2.00 bits per heavy atom. The molecule has 1 aliphatic heterocycles. The lowest BCUT2D eigenvalue weighted by Crippen LogP contribution is -2.62. The molecule has 1 saturated carbocycles. The molecule has 0 amide bonds. The van der Waals surface area contributed by atoms with E-state index in [4.69, 9.17) is 9.47 Å². The van der Waals surface area contributed by atoms with Crippen LogP contribution >= 0.6 is 0 Å². The third-order valence-electron chi connectivity index (χ3n) is 4.50. The van der Waals surface area contributed by atoms with E-state index in [-0.39, 0.29) is 11.6 Å². The maximum Gasteiger partial charge on any atom is 0.326 e. The zero-order valence-corrected chi connectivity index (χ0v) is 13.2. The van der Waals surface area contributed by atoms with E-state index in [0.717, 1.165) is 0 Å². The Morgan fingerprint density at radius 1 is 1.30 bits per heavy atom. The Bertz CT molecular complexity index is 337. The lowest BCUT2D eigenvalue weighted by molar-refractivity contribution is -0.165. The minimum Gasteiger partial charge on any atom is -0.465 e. The molecule has 0 bridgehead atoms. The van der Waals surface area contributed by atoms with Gasteiger partial charge in [-0.25, -0.2) is 0 Å².